The molecule has 2 aliphatic heterocycles. The maximum Gasteiger partial charge on any atom is 0.226 e. The molecule has 0 unspecified atom stereocenters. The number of rotatable bonds is 1. The summed E-state index contributed by atoms with van der Waals surface area (Å²) in [7, 11) is 0. The van der Waals surface area contributed by atoms with Crippen LogP contribution in [0.25, 0.3) is 0 Å². The Morgan fingerprint density at radius 3 is 2.39 bits per heavy atom. The van der Waals surface area contributed by atoms with Gasteiger partial charge < -0.3 is 10.2 Å². The van der Waals surface area contributed by atoms with E-state index in [1.807, 2.05) is 0 Å². The Balaban J connectivity index is 1.69. The Hall–Kier alpha value is -0.570. The summed E-state index contributed by atoms with van der Waals surface area (Å²) in [6, 6.07) is 0.563. The highest BCUT2D eigenvalue weighted by atomic mass is 16.2. The van der Waals surface area contributed by atoms with Crippen molar-refractivity contribution in [3.8, 4) is 0 Å². The molecule has 1 amide bonds. The van der Waals surface area contributed by atoms with Crippen molar-refractivity contribution < 1.29 is 4.79 Å². The molecule has 1 N–H and O–H groups in total. The minimum absolute atomic E-state index is 0.172. The molecule has 1 aliphatic carbocycles. The van der Waals surface area contributed by atoms with E-state index >= 15 is 0 Å². The van der Waals surface area contributed by atoms with Crippen LogP contribution in [0.1, 0.15) is 40.5 Å². The van der Waals surface area contributed by atoms with Gasteiger partial charge in [0, 0.05) is 25.0 Å². The van der Waals surface area contributed by atoms with Gasteiger partial charge in [0.15, 0.2) is 0 Å². The minimum Gasteiger partial charge on any atom is -0.341 e. The fourth-order valence-corrected chi connectivity index (χ4v) is 4.22. The van der Waals surface area contributed by atoms with Crippen LogP contribution < -0.4 is 5.32 Å². The number of hydrogen-bond acceptors (Lipinski definition) is 2. The number of likely N-dealkylation sites (tertiary alicyclic amines) is 1. The van der Waals surface area contributed by atoms with Crippen LogP contribution in [0.5, 0.6) is 0 Å². The minimum atomic E-state index is 0.172. The summed E-state index contributed by atoms with van der Waals surface area (Å²) in [5.41, 5.74) is 0.344. The van der Waals surface area contributed by atoms with Crippen LogP contribution in [0.3, 0.4) is 0 Å². The first-order valence-electron chi connectivity index (χ1n) is 7.38. The molecule has 2 atom stereocenters. The predicted molar refractivity (Wildman–Crippen MR) is 72.1 cm³/mol. The van der Waals surface area contributed by atoms with Crippen molar-refractivity contribution >= 4 is 5.91 Å². The molecule has 3 aliphatic rings. The smallest absolute Gasteiger partial charge is 0.226 e. The maximum absolute atomic E-state index is 12.7. The lowest BCUT2D eigenvalue weighted by Gasteiger charge is -2.24. The summed E-state index contributed by atoms with van der Waals surface area (Å²) >= 11 is 0. The number of piperidine rings is 1. The van der Waals surface area contributed by atoms with Crippen molar-refractivity contribution in [2.45, 2.75) is 46.6 Å². The molecule has 3 fully saturated rings. The van der Waals surface area contributed by atoms with Crippen molar-refractivity contribution in [3.05, 3.63) is 0 Å². The first-order chi connectivity index (χ1) is 8.35. The van der Waals surface area contributed by atoms with Crippen LogP contribution in [0.4, 0.5) is 0 Å². The van der Waals surface area contributed by atoms with Gasteiger partial charge in [0.05, 0.1) is 0 Å². The Labute approximate surface area is 110 Å². The highest BCUT2D eigenvalue weighted by Crippen LogP contribution is 2.68. The van der Waals surface area contributed by atoms with E-state index in [-0.39, 0.29) is 16.7 Å². The van der Waals surface area contributed by atoms with Crippen molar-refractivity contribution in [3.63, 3.8) is 0 Å². The Morgan fingerprint density at radius 2 is 1.83 bits per heavy atom. The van der Waals surface area contributed by atoms with Crippen LogP contribution in [-0.4, -0.2) is 36.5 Å². The average Bonchev–Trinajstić information content (AvgIpc) is 2.67. The summed E-state index contributed by atoms with van der Waals surface area (Å²) in [6.07, 6.45) is 2.56. The third-order valence-electron chi connectivity index (χ3n) is 6.18. The summed E-state index contributed by atoms with van der Waals surface area (Å²) in [5, 5.41) is 3.57. The Morgan fingerprint density at radius 1 is 1.17 bits per heavy atom. The molecule has 3 heteroatoms. The highest BCUT2D eigenvalue weighted by Gasteiger charge is 2.69. The van der Waals surface area contributed by atoms with Crippen LogP contribution in [0, 0.1) is 22.7 Å². The third kappa shape index (κ3) is 1.56. The van der Waals surface area contributed by atoms with E-state index in [1.54, 1.807) is 0 Å². The summed E-state index contributed by atoms with van der Waals surface area (Å²) in [6.45, 7) is 12.0. The maximum atomic E-state index is 12.7. The van der Waals surface area contributed by atoms with Gasteiger partial charge in [0.1, 0.15) is 0 Å². The topological polar surface area (TPSA) is 32.3 Å². The standard InChI is InChI=1S/C15H26N2O/c1-14(2)12(15(14,3)4)13(18)17-8-10-6-5-7-16-11(10)9-17/h10-12,16H,5-9H2,1-4H3/t10-,11+/m0/s1. The van der Waals surface area contributed by atoms with Crippen molar-refractivity contribution in [1.82, 2.24) is 10.2 Å². The quantitative estimate of drug-likeness (QED) is 0.770. The zero-order chi connectivity index (χ0) is 13.1. The van der Waals surface area contributed by atoms with Crippen LogP contribution in [0.2, 0.25) is 0 Å². The molecule has 0 aromatic rings. The van der Waals surface area contributed by atoms with Gasteiger partial charge in [-0.05, 0) is 36.1 Å². The lowest BCUT2D eigenvalue weighted by Crippen LogP contribution is -2.41. The lowest BCUT2D eigenvalue weighted by molar-refractivity contribution is -0.133. The summed E-state index contributed by atoms with van der Waals surface area (Å²) in [4.78, 5) is 14.8. The average molecular weight is 250 g/mol. The molecule has 0 radical (unpaired) electrons. The van der Waals surface area contributed by atoms with Gasteiger partial charge in [-0.1, -0.05) is 27.7 Å². The van der Waals surface area contributed by atoms with Gasteiger partial charge in [-0.2, -0.15) is 0 Å². The molecule has 102 valence electrons. The molecule has 2 saturated heterocycles. The van der Waals surface area contributed by atoms with E-state index in [9.17, 15) is 4.79 Å². The van der Waals surface area contributed by atoms with Crippen molar-refractivity contribution in [1.29, 1.82) is 0 Å². The predicted octanol–water partition coefficient (Wildman–Crippen LogP) is 1.88. The molecule has 18 heavy (non-hydrogen) atoms. The number of carbonyl (C=O) groups is 1. The second-order valence-corrected chi connectivity index (χ2v) is 7.58. The van der Waals surface area contributed by atoms with E-state index in [2.05, 4.69) is 37.9 Å². The second-order valence-electron chi connectivity index (χ2n) is 7.58. The fourth-order valence-electron chi connectivity index (χ4n) is 4.22. The molecular weight excluding hydrogens is 224 g/mol. The number of hydrogen-bond donors (Lipinski definition) is 1. The Bertz CT molecular complexity index is 347. The molecule has 0 spiro atoms. The number of amides is 1. The monoisotopic (exact) mass is 250 g/mol. The molecule has 3 rings (SSSR count). The molecule has 0 aromatic heterocycles. The number of nitrogens with one attached hydrogen (secondary N) is 1. The van der Waals surface area contributed by atoms with Gasteiger partial charge in [-0.25, -0.2) is 0 Å². The van der Waals surface area contributed by atoms with Gasteiger partial charge in [-0.15, -0.1) is 0 Å². The van der Waals surface area contributed by atoms with Crippen molar-refractivity contribution in [2.24, 2.45) is 22.7 Å². The normalized spacial score (nSPS) is 37.4. The van der Waals surface area contributed by atoms with Crippen LogP contribution in [-0.2, 0) is 4.79 Å². The second kappa shape index (κ2) is 3.72. The van der Waals surface area contributed by atoms with E-state index < -0.39 is 0 Å². The van der Waals surface area contributed by atoms with E-state index in [1.165, 1.54) is 12.8 Å². The first-order valence-corrected chi connectivity index (χ1v) is 7.38. The van der Waals surface area contributed by atoms with E-state index in [0.29, 0.717) is 17.9 Å². The number of fused-ring (bicyclic) bond motifs is 1. The van der Waals surface area contributed by atoms with Gasteiger partial charge in [-0.3, -0.25) is 4.79 Å². The van der Waals surface area contributed by atoms with Crippen LogP contribution in [0.15, 0.2) is 0 Å². The molecular formula is C15H26N2O. The first kappa shape index (κ1) is 12.5. The lowest BCUT2D eigenvalue weighted by atomic mass is 9.94. The van der Waals surface area contributed by atoms with Crippen molar-refractivity contribution in [2.75, 3.05) is 19.6 Å². The van der Waals surface area contributed by atoms with Gasteiger partial charge >= 0.3 is 0 Å². The summed E-state index contributed by atoms with van der Waals surface area (Å²) in [5.74, 6) is 1.33. The third-order valence-corrected chi connectivity index (χ3v) is 6.18. The van der Waals surface area contributed by atoms with Gasteiger partial charge in [0.2, 0.25) is 5.91 Å². The SMILES string of the molecule is CC1(C)C(C(=O)N2C[C@@H]3CCCN[C@@H]3C2)C1(C)C. The van der Waals surface area contributed by atoms with Crippen LogP contribution >= 0.6 is 0 Å². The molecule has 3 nitrogen and oxygen atoms in total. The zero-order valence-electron chi connectivity index (χ0n) is 12.1. The Kier molecular flexibility index (Phi) is 2.58. The molecule has 0 bridgehead atoms. The van der Waals surface area contributed by atoms with E-state index in [0.717, 1.165) is 19.6 Å². The molecule has 1 saturated carbocycles. The molecule has 2 heterocycles. The zero-order valence-corrected chi connectivity index (χ0v) is 12.1. The summed E-state index contributed by atoms with van der Waals surface area (Å²) < 4.78 is 0. The highest BCUT2D eigenvalue weighted by molar-refractivity contribution is 5.84. The fraction of sp³-hybridized carbons (Fsp3) is 0.933. The van der Waals surface area contributed by atoms with E-state index in [4.69, 9.17) is 0 Å². The largest absolute Gasteiger partial charge is 0.341 e. The van der Waals surface area contributed by atoms with Gasteiger partial charge in [0.25, 0.3) is 0 Å². The number of carbonyl (C=O) groups excluding carboxylic acids is 1. The molecule has 0 aromatic carbocycles. The number of nitrogens with zero attached hydrogens (tertiary/aromatic N) is 1.